The smallest absolute Gasteiger partial charge is 0.368 e. The Labute approximate surface area is 185 Å². The molecule has 0 atom stereocenters. The minimum atomic E-state index is -0.273. The largest absolute Gasteiger partial charge is 0.465 e. The van der Waals surface area contributed by atoms with Crippen molar-refractivity contribution in [1.82, 2.24) is 24.8 Å². The van der Waals surface area contributed by atoms with Crippen molar-refractivity contribution in [2.45, 2.75) is 57.5 Å². The van der Waals surface area contributed by atoms with E-state index < -0.39 is 0 Å². The highest BCUT2D eigenvalue weighted by molar-refractivity contribution is 7.11. The third kappa shape index (κ3) is 3.14. The zero-order chi connectivity index (χ0) is 21.2. The summed E-state index contributed by atoms with van der Waals surface area (Å²) in [5.41, 5.74) is 3.95. The summed E-state index contributed by atoms with van der Waals surface area (Å²) in [5.74, 6) is 2.70. The summed E-state index contributed by atoms with van der Waals surface area (Å²) < 4.78 is 8.72. The maximum atomic E-state index is 12.4. The highest BCUT2D eigenvalue weighted by Crippen LogP contribution is 2.60. The second-order valence-electron chi connectivity index (χ2n) is 9.85. The van der Waals surface area contributed by atoms with Gasteiger partial charge >= 0.3 is 5.69 Å². The molecule has 4 aliphatic rings. The lowest BCUT2D eigenvalue weighted by Gasteiger charge is -2.56. The highest BCUT2D eigenvalue weighted by atomic mass is 32.1. The molecule has 0 spiro atoms. The van der Waals surface area contributed by atoms with Crippen LogP contribution in [0.3, 0.4) is 0 Å². The SMILES string of the molecule is Cc1cccc(-n2nnn(C)c2=O)c1COc1nc(C23CC4CC(CC(C4)C2)C3)cs1. The van der Waals surface area contributed by atoms with Crippen LogP contribution in [0.4, 0.5) is 0 Å². The predicted octanol–water partition coefficient (Wildman–Crippen LogP) is 3.78. The van der Waals surface area contributed by atoms with Gasteiger partial charge in [-0.15, -0.1) is 0 Å². The topological polar surface area (TPSA) is 74.8 Å². The van der Waals surface area contributed by atoms with E-state index in [2.05, 4.69) is 15.8 Å². The number of nitrogens with zero attached hydrogens (tertiary/aromatic N) is 5. The van der Waals surface area contributed by atoms with Crippen LogP contribution in [-0.2, 0) is 19.1 Å². The number of benzene rings is 1. The van der Waals surface area contributed by atoms with Crippen molar-refractivity contribution in [1.29, 1.82) is 0 Å². The van der Waals surface area contributed by atoms with E-state index in [-0.39, 0.29) is 11.1 Å². The molecular formula is C23H27N5O2S. The lowest BCUT2D eigenvalue weighted by molar-refractivity contribution is -0.00711. The first-order chi connectivity index (χ1) is 15.0. The number of ether oxygens (including phenoxy) is 1. The number of aryl methyl sites for hydroxylation is 2. The van der Waals surface area contributed by atoms with Gasteiger partial charge < -0.3 is 4.74 Å². The lowest BCUT2D eigenvalue weighted by Crippen LogP contribution is -2.48. The Bertz CT molecular complexity index is 1160. The molecule has 1 aromatic carbocycles. The summed E-state index contributed by atoms with van der Waals surface area (Å²) >= 11 is 1.60. The highest BCUT2D eigenvalue weighted by Gasteiger charge is 2.52. The van der Waals surface area contributed by atoms with Crippen molar-refractivity contribution in [2.75, 3.05) is 0 Å². The zero-order valence-electron chi connectivity index (χ0n) is 18.0. The molecule has 31 heavy (non-hydrogen) atoms. The molecule has 0 unspecified atom stereocenters. The maximum absolute atomic E-state index is 12.4. The third-order valence-corrected chi connectivity index (χ3v) is 8.49. The summed E-state index contributed by atoms with van der Waals surface area (Å²) in [6.07, 6.45) is 8.22. The molecular weight excluding hydrogens is 410 g/mol. The minimum absolute atomic E-state index is 0.273. The average molecular weight is 438 g/mol. The molecule has 2 aromatic heterocycles. The fourth-order valence-corrected chi connectivity index (χ4v) is 7.46. The average Bonchev–Trinajstić information content (AvgIpc) is 3.34. The number of aromatic nitrogens is 5. The second kappa shape index (κ2) is 7.02. The Morgan fingerprint density at radius 3 is 2.48 bits per heavy atom. The summed E-state index contributed by atoms with van der Waals surface area (Å²) in [4.78, 5) is 17.3. The first kappa shape index (κ1) is 19.2. The summed E-state index contributed by atoms with van der Waals surface area (Å²) in [5, 5.41) is 10.8. The van der Waals surface area contributed by atoms with Crippen molar-refractivity contribution in [3.63, 3.8) is 0 Å². The Morgan fingerprint density at radius 2 is 1.84 bits per heavy atom. The van der Waals surface area contributed by atoms with Crippen LogP contribution >= 0.6 is 11.3 Å². The first-order valence-corrected chi connectivity index (χ1v) is 12.1. The van der Waals surface area contributed by atoms with Crippen LogP contribution in [0.25, 0.3) is 5.69 Å². The molecule has 4 fully saturated rings. The van der Waals surface area contributed by atoms with Crippen molar-refractivity contribution >= 4 is 11.3 Å². The quantitative estimate of drug-likeness (QED) is 0.607. The number of thiazole rings is 1. The van der Waals surface area contributed by atoms with Crippen LogP contribution in [0.5, 0.6) is 5.19 Å². The first-order valence-electron chi connectivity index (χ1n) is 11.2. The van der Waals surface area contributed by atoms with E-state index in [0.717, 1.165) is 28.9 Å². The fourth-order valence-electron chi connectivity index (χ4n) is 6.66. The van der Waals surface area contributed by atoms with Gasteiger partial charge in [0.15, 0.2) is 0 Å². The molecule has 3 aromatic rings. The molecule has 4 bridgehead atoms. The Kier molecular flexibility index (Phi) is 4.35. The van der Waals surface area contributed by atoms with Crippen LogP contribution in [0, 0.1) is 24.7 Å². The van der Waals surface area contributed by atoms with Crippen LogP contribution in [0.2, 0.25) is 0 Å². The van der Waals surface area contributed by atoms with Gasteiger partial charge in [-0.1, -0.05) is 23.5 Å². The molecule has 2 heterocycles. The molecule has 0 radical (unpaired) electrons. The van der Waals surface area contributed by atoms with Gasteiger partial charge in [-0.2, -0.15) is 9.36 Å². The molecule has 0 amide bonds. The number of hydrogen-bond donors (Lipinski definition) is 0. The van der Waals surface area contributed by atoms with Gasteiger partial charge in [-0.3, -0.25) is 0 Å². The lowest BCUT2D eigenvalue weighted by atomic mass is 9.49. The molecule has 4 aliphatic carbocycles. The molecule has 0 N–H and O–H groups in total. The van der Waals surface area contributed by atoms with E-state index in [1.807, 2.05) is 25.1 Å². The van der Waals surface area contributed by atoms with Gasteiger partial charge in [0.1, 0.15) is 6.61 Å². The fraction of sp³-hybridized carbons (Fsp3) is 0.565. The van der Waals surface area contributed by atoms with Gasteiger partial charge in [-0.25, -0.2) is 9.78 Å². The van der Waals surface area contributed by atoms with Crippen LogP contribution in [-0.4, -0.2) is 24.8 Å². The van der Waals surface area contributed by atoms with Crippen molar-refractivity contribution in [3.05, 3.63) is 50.9 Å². The molecule has 7 nitrogen and oxygen atoms in total. The maximum Gasteiger partial charge on any atom is 0.368 e. The molecule has 7 rings (SSSR count). The monoisotopic (exact) mass is 437 g/mol. The van der Waals surface area contributed by atoms with E-state index in [1.165, 1.54) is 53.6 Å². The zero-order valence-corrected chi connectivity index (χ0v) is 18.8. The van der Waals surface area contributed by atoms with E-state index in [1.54, 1.807) is 18.4 Å². The Hall–Kier alpha value is -2.48. The van der Waals surface area contributed by atoms with E-state index >= 15 is 0 Å². The number of rotatable bonds is 5. The van der Waals surface area contributed by atoms with Gasteiger partial charge in [0.05, 0.1) is 11.4 Å². The van der Waals surface area contributed by atoms with E-state index in [0.29, 0.717) is 17.5 Å². The predicted molar refractivity (Wildman–Crippen MR) is 118 cm³/mol. The van der Waals surface area contributed by atoms with Gasteiger partial charge in [0.25, 0.3) is 5.19 Å². The summed E-state index contributed by atoms with van der Waals surface area (Å²) in [7, 11) is 1.60. The number of hydrogen-bond acceptors (Lipinski definition) is 6. The molecule has 4 saturated carbocycles. The Balaban J connectivity index is 1.25. The second-order valence-corrected chi connectivity index (χ2v) is 10.7. The third-order valence-electron chi connectivity index (χ3n) is 7.74. The van der Waals surface area contributed by atoms with Crippen LogP contribution in [0.15, 0.2) is 28.4 Å². The summed E-state index contributed by atoms with van der Waals surface area (Å²) in [6, 6.07) is 5.82. The number of tetrazole rings is 1. The normalized spacial score (nSPS) is 28.9. The molecule has 0 aliphatic heterocycles. The standard InChI is InChI=1S/C23H27N5O2S/c1-14-4-3-5-19(28-22(29)27(2)25-26-28)18(14)12-30-21-24-20(13-31-21)23-9-15-6-16(10-23)8-17(7-15)11-23/h3-5,13,15-17H,6-12H2,1-2H3. The van der Waals surface area contributed by atoms with E-state index in [9.17, 15) is 4.79 Å². The summed E-state index contributed by atoms with van der Waals surface area (Å²) in [6.45, 7) is 2.37. The van der Waals surface area contributed by atoms with Gasteiger partial charge in [0.2, 0.25) is 0 Å². The Morgan fingerprint density at radius 1 is 1.13 bits per heavy atom. The van der Waals surface area contributed by atoms with Gasteiger partial charge in [-0.05, 0) is 85.3 Å². The van der Waals surface area contributed by atoms with Crippen molar-refractivity contribution in [2.24, 2.45) is 24.8 Å². The van der Waals surface area contributed by atoms with Crippen LogP contribution < -0.4 is 10.4 Å². The van der Waals surface area contributed by atoms with E-state index in [4.69, 9.17) is 9.72 Å². The van der Waals surface area contributed by atoms with Crippen LogP contribution in [0.1, 0.15) is 55.3 Å². The van der Waals surface area contributed by atoms with Crippen molar-refractivity contribution in [3.8, 4) is 10.9 Å². The molecule has 0 saturated heterocycles. The van der Waals surface area contributed by atoms with Crippen molar-refractivity contribution < 1.29 is 4.74 Å². The van der Waals surface area contributed by atoms with Gasteiger partial charge in [0, 0.05) is 23.4 Å². The molecule has 162 valence electrons. The molecule has 8 heteroatoms. The minimum Gasteiger partial charge on any atom is -0.465 e.